The lowest BCUT2D eigenvalue weighted by Crippen LogP contribution is -2.46. The molecule has 32 heavy (non-hydrogen) atoms. The Kier molecular flexibility index (Phi) is 8.50. The molecule has 1 aromatic carbocycles. The monoisotopic (exact) mass is 489 g/mol. The number of nitrogens with zero attached hydrogens (tertiary/aromatic N) is 2. The maximum Gasteiger partial charge on any atom is 0.243 e. The van der Waals surface area contributed by atoms with Crippen LogP contribution >= 0.6 is 0 Å². The third-order valence-electron chi connectivity index (χ3n) is 5.61. The predicted octanol–water partition coefficient (Wildman–Crippen LogP) is 0.264. The Morgan fingerprint density at radius 2 is 1.78 bits per heavy atom. The van der Waals surface area contributed by atoms with E-state index in [0.29, 0.717) is 51.4 Å². The van der Waals surface area contributed by atoms with Gasteiger partial charge in [-0.3, -0.25) is 4.79 Å². The summed E-state index contributed by atoms with van der Waals surface area (Å²) in [6, 6.07) is 6.18. The molecule has 2 aliphatic rings. The molecule has 2 fully saturated rings. The van der Waals surface area contributed by atoms with Gasteiger partial charge in [-0.15, -0.1) is 0 Å². The fourth-order valence-corrected chi connectivity index (χ4v) is 6.31. The maximum atomic E-state index is 12.6. The van der Waals surface area contributed by atoms with E-state index in [1.165, 1.54) is 20.7 Å². The van der Waals surface area contributed by atoms with Crippen LogP contribution in [0.15, 0.2) is 29.2 Å². The Labute approximate surface area is 190 Å². The second kappa shape index (κ2) is 10.9. The van der Waals surface area contributed by atoms with Gasteiger partial charge in [-0.2, -0.15) is 4.31 Å². The highest BCUT2D eigenvalue weighted by molar-refractivity contribution is 7.89. The zero-order chi connectivity index (χ0) is 23.2. The number of hydrogen-bond acceptors (Lipinski definition) is 7. The van der Waals surface area contributed by atoms with Crippen molar-refractivity contribution in [2.24, 2.45) is 5.92 Å². The zero-order valence-electron chi connectivity index (χ0n) is 18.2. The Morgan fingerprint density at radius 1 is 1.09 bits per heavy atom. The highest BCUT2D eigenvalue weighted by Crippen LogP contribution is 2.21. The number of morpholine rings is 1. The molecule has 3 rings (SSSR count). The van der Waals surface area contributed by atoms with E-state index in [-0.39, 0.29) is 42.2 Å². The minimum atomic E-state index is -3.55. The molecular weight excluding hydrogens is 458 g/mol. The van der Waals surface area contributed by atoms with E-state index in [1.54, 1.807) is 19.1 Å². The molecule has 10 nitrogen and oxygen atoms in total. The highest BCUT2D eigenvalue weighted by Gasteiger charge is 2.31. The van der Waals surface area contributed by atoms with Gasteiger partial charge in [0.2, 0.25) is 26.0 Å². The molecule has 1 aromatic rings. The van der Waals surface area contributed by atoms with Crippen molar-refractivity contribution in [3.63, 3.8) is 0 Å². The van der Waals surface area contributed by atoms with Crippen molar-refractivity contribution < 1.29 is 31.1 Å². The number of ether oxygens (including phenoxy) is 2. The van der Waals surface area contributed by atoms with E-state index in [4.69, 9.17) is 9.47 Å². The van der Waals surface area contributed by atoms with Crippen molar-refractivity contribution in [1.82, 2.24) is 13.9 Å². The van der Waals surface area contributed by atoms with Gasteiger partial charge in [-0.1, -0.05) is 0 Å². The summed E-state index contributed by atoms with van der Waals surface area (Å²) in [7, 11) is -6.84. The van der Waals surface area contributed by atoms with Gasteiger partial charge in [0.25, 0.3) is 0 Å². The van der Waals surface area contributed by atoms with Crippen LogP contribution in [0.4, 0.5) is 0 Å². The van der Waals surface area contributed by atoms with Crippen LogP contribution in [0, 0.1) is 5.92 Å². The van der Waals surface area contributed by atoms with Gasteiger partial charge in [0.1, 0.15) is 12.4 Å². The molecule has 0 saturated carbocycles. The first kappa shape index (κ1) is 24.9. The third-order valence-corrected chi connectivity index (χ3v) is 9.38. The summed E-state index contributed by atoms with van der Waals surface area (Å²) >= 11 is 0. The standard InChI is InChI=1S/C20H31N3O7S2/c1-2-31(25,26)23-10-3-4-17(16-23)20(24)21-9-13-30-18-5-7-19(8-6-18)32(27,28)22-11-14-29-15-12-22/h5-8,17H,2-4,9-16H2,1H3,(H,21,24). The number of sulfonamides is 2. The molecule has 0 spiro atoms. The second-order valence-electron chi connectivity index (χ2n) is 7.73. The molecule has 1 N–H and O–H groups in total. The quantitative estimate of drug-likeness (QED) is 0.494. The summed E-state index contributed by atoms with van der Waals surface area (Å²) in [5.41, 5.74) is 0. The summed E-state index contributed by atoms with van der Waals surface area (Å²) in [6.45, 7) is 4.20. The van der Waals surface area contributed by atoms with Crippen LogP contribution in [0.3, 0.4) is 0 Å². The average Bonchev–Trinajstić information content (AvgIpc) is 2.82. The number of rotatable bonds is 9. The first-order valence-corrected chi connectivity index (χ1v) is 13.9. The summed E-state index contributed by atoms with van der Waals surface area (Å²) < 4.78 is 62.9. The first-order chi connectivity index (χ1) is 15.2. The van der Waals surface area contributed by atoms with Crippen molar-refractivity contribution in [3.8, 4) is 5.75 Å². The van der Waals surface area contributed by atoms with Crippen molar-refractivity contribution >= 4 is 26.0 Å². The van der Waals surface area contributed by atoms with Gasteiger partial charge in [-0.25, -0.2) is 21.1 Å². The molecular formula is C20H31N3O7S2. The smallest absolute Gasteiger partial charge is 0.243 e. The highest BCUT2D eigenvalue weighted by atomic mass is 32.2. The Balaban J connectivity index is 1.44. The van der Waals surface area contributed by atoms with E-state index in [2.05, 4.69) is 5.32 Å². The lowest BCUT2D eigenvalue weighted by Gasteiger charge is -2.30. The molecule has 2 aliphatic heterocycles. The Bertz CT molecular complexity index is 975. The molecule has 180 valence electrons. The van der Waals surface area contributed by atoms with Crippen LogP contribution in [0.2, 0.25) is 0 Å². The van der Waals surface area contributed by atoms with Gasteiger partial charge < -0.3 is 14.8 Å². The molecule has 0 aromatic heterocycles. The third kappa shape index (κ3) is 6.19. The fourth-order valence-electron chi connectivity index (χ4n) is 3.72. The summed E-state index contributed by atoms with van der Waals surface area (Å²) in [6.07, 6.45) is 1.31. The van der Waals surface area contributed by atoms with E-state index < -0.39 is 20.0 Å². The van der Waals surface area contributed by atoms with Crippen molar-refractivity contribution in [3.05, 3.63) is 24.3 Å². The molecule has 2 saturated heterocycles. The largest absolute Gasteiger partial charge is 0.492 e. The number of carbonyl (C=O) groups excluding carboxylic acids is 1. The molecule has 1 amide bonds. The van der Waals surface area contributed by atoms with Gasteiger partial charge in [-0.05, 0) is 44.0 Å². The predicted molar refractivity (Wildman–Crippen MR) is 118 cm³/mol. The van der Waals surface area contributed by atoms with Crippen molar-refractivity contribution in [2.45, 2.75) is 24.7 Å². The minimum absolute atomic E-state index is 0.0295. The summed E-state index contributed by atoms with van der Waals surface area (Å²) in [4.78, 5) is 12.6. The second-order valence-corrected chi connectivity index (χ2v) is 11.9. The molecule has 0 radical (unpaired) electrons. The molecule has 0 aliphatic carbocycles. The SMILES string of the molecule is CCS(=O)(=O)N1CCCC(C(=O)NCCOc2ccc(S(=O)(=O)N3CCOCC3)cc2)C1. The number of amides is 1. The summed E-state index contributed by atoms with van der Waals surface area (Å²) in [5, 5.41) is 2.79. The number of nitrogens with one attached hydrogen (secondary N) is 1. The van der Waals surface area contributed by atoms with Crippen LogP contribution in [0.5, 0.6) is 5.75 Å². The number of piperidine rings is 1. The number of hydrogen-bond donors (Lipinski definition) is 1. The van der Waals surface area contributed by atoms with Crippen LogP contribution in [0.25, 0.3) is 0 Å². The molecule has 1 atom stereocenters. The summed E-state index contributed by atoms with van der Waals surface area (Å²) in [5.74, 6) is -0.0220. The fraction of sp³-hybridized carbons (Fsp3) is 0.650. The van der Waals surface area contributed by atoms with Gasteiger partial charge in [0.05, 0.1) is 36.3 Å². The first-order valence-electron chi connectivity index (χ1n) is 10.8. The zero-order valence-corrected chi connectivity index (χ0v) is 19.9. The Hall–Kier alpha value is -1.73. The van der Waals surface area contributed by atoms with Gasteiger partial charge in [0, 0.05) is 26.2 Å². The normalized spacial score (nSPS) is 21.2. The molecule has 1 unspecified atom stereocenters. The minimum Gasteiger partial charge on any atom is -0.492 e. The van der Waals surface area contributed by atoms with Crippen molar-refractivity contribution in [2.75, 3.05) is 58.3 Å². The molecule has 2 heterocycles. The average molecular weight is 490 g/mol. The number of carbonyl (C=O) groups is 1. The van der Waals surface area contributed by atoms with E-state index in [9.17, 15) is 21.6 Å². The lowest BCUT2D eigenvalue weighted by atomic mass is 9.99. The van der Waals surface area contributed by atoms with Gasteiger partial charge in [0.15, 0.2) is 0 Å². The van der Waals surface area contributed by atoms with E-state index in [1.807, 2.05) is 0 Å². The maximum absolute atomic E-state index is 12.6. The van der Waals surface area contributed by atoms with Crippen molar-refractivity contribution in [1.29, 1.82) is 0 Å². The molecule has 12 heteroatoms. The van der Waals surface area contributed by atoms with E-state index in [0.717, 1.165) is 0 Å². The van der Waals surface area contributed by atoms with E-state index >= 15 is 0 Å². The van der Waals surface area contributed by atoms with Crippen LogP contribution < -0.4 is 10.1 Å². The van der Waals surface area contributed by atoms with Crippen LogP contribution in [0.1, 0.15) is 19.8 Å². The van der Waals surface area contributed by atoms with Gasteiger partial charge >= 0.3 is 0 Å². The topological polar surface area (TPSA) is 122 Å². The lowest BCUT2D eigenvalue weighted by molar-refractivity contribution is -0.126. The Morgan fingerprint density at radius 3 is 2.44 bits per heavy atom. The molecule has 0 bridgehead atoms. The number of benzene rings is 1. The van der Waals surface area contributed by atoms with Crippen LogP contribution in [-0.4, -0.2) is 89.7 Å². The van der Waals surface area contributed by atoms with Crippen LogP contribution in [-0.2, 0) is 29.6 Å².